The normalized spacial score (nSPS) is 12.3. The molecule has 0 fully saturated rings. The van der Waals surface area contributed by atoms with Crippen molar-refractivity contribution >= 4 is 10.0 Å². The third-order valence-corrected chi connectivity index (χ3v) is 5.75. The maximum Gasteiger partial charge on any atom is 0.240 e. The van der Waals surface area contributed by atoms with Gasteiger partial charge in [0.15, 0.2) is 0 Å². The SMILES string of the molecule is Cn1nc(CNS(=O)(=O)c2ccc(C(C)(C)C)cc2)cc1-c1ccccn1. The summed E-state index contributed by atoms with van der Waals surface area (Å²) in [5.74, 6) is 0. The molecule has 142 valence electrons. The standard InChI is InChI=1S/C20H24N4O2S/c1-20(2,3)15-8-10-17(11-9-15)27(25,26)22-14-16-13-19(24(4)23-16)18-7-5-6-12-21-18/h5-13,22H,14H2,1-4H3. The topological polar surface area (TPSA) is 76.9 Å². The van der Waals surface area contributed by atoms with Crippen molar-refractivity contribution in [3.63, 3.8) is 0 Å². The lowest BCUT2D eigenvalue weighted by molar-refractivity contribution is 0.577. The van der Waals surface area contributed by atoms with Crippen LogP contribution in [-0.4, -0.2) is 23.2 Å². The van der Waals surface area contributed by atoms with Gasteiger partial charge < -0.3 is 0 Å². The fourth-order valence-electron chi connectivity index (χ4n) is 2.75. The zero-order chi connectivity index (χ0) is 19.7. The van der Waals surface area contributed by atoms with Gasteiger partial charge in [0.2, 0.25) is 10.0 Å². The van der Waals surface area contributed by atoms with Crippen LogP contribution in [0.5, 0.6) is 0 Å². The van der Waals surface area contributed by atoms with E-state index in [1.54, 1.807) is 23.0 Å². The Balaban J connectivity index is 1.74. The molecule has 0 spiro atoms. The Kier molecular flexibility index (Phi) is 5.17. The van der Waals surface area contributed by atoms with Crippen LogP contribution < -0.4 is 4.72 Å². The average Bonchev–Trinajstić information content (AvgIpc) is 3.01. The van der Waals surface area contributed by atoms with Crippen molar-refractivity contribution in [1.82, 2.24) is 19.5 Å². The van der Waals surface area contributed by atoms with Gasteiger partial charge in [-0.3, -0.25) is 9.67 Å². The first-order chi connectivity index (χ1) is 12.7. The summed E-state index contributed by atoms with van der Waals surface area (Å²) in [5, 5.41) is 4.38. The summed E-state index contributed by atoms with van der Waals surface area (Å²) in [5.41, 5.74) is 3.32. The van der Waals surface area contributed by atoms with Crippen molar-refractivity contribution in [2.75, 3.05) is 0 Å². The molecule has 0 saturated carbocycles. The molecule has 0 atom stereocenters. The number of benzene rings is 1. The summed E-state index contributed by atoms with van der Waals surface area (Å²) < 4.78 is 29.5. The van der Waals surface area contributed by atoms with Crippen LogP contribution in [0.1, 0.15) is 32.0 Å². The summed E-state index contributed by atoms with van der Waals surface area (Å²) >= 11 is 0. The molecule has 0 aliphatic heterocycles. The number of aromatic nitrogens is 3. The van der Waals surface area contributed by atoms with E-state index in [0.29, 0.717) is 5.69 Å². The van der Waals surface area contributed by atoms with Gasteiger partial charge in [-0.05, 0) is 41.3 Å². The molecule has 1 N–H and O–H groups in total. The molecule has 1 aromatic carbocycles. The third kappa shape index (κ3) is 4.43. The highest BCUT2D eigenvalue weighted by molar-refractivity contribution is 7.89. The molecule has 0 aliphatic carbocycles. The molecule has 0 aliphatic rings. The number of nitrogens with zero attached hydrogens (tertiary/aromatic N) is 3. The first-order valence-corrected chi connectivity index (χ1v) is 10.2. The number of rotatable bonds is 5. The van der Waals surface area contributed by atoms with E-state index in [-0.39, 0.29) is 16.9 Å². The van der Waals surface area contributed by atoms with E-state index < -0.39 is 10.0 Å². The second-order valence-corrected chi connectivity index (χ2v) is 9.23. The molecule has 3 aromatic rings. The second kappa shape index (κ2) is 7.25. The molecule has 0 saturated heterocycles. The van der Waals surface area contributed by atoms with Crippen LogP contribution in [0, 0.1) is 0 Å². The minimum Gasteiger partial charge on any atom is -0.266 e. The summed E-state index contributed by atoms with van der Waals surface area (Å²) in [6.45, 7) is 6.39. The molecule has 0 amide bonds. The minimum absolute atomic E-state index is 0.0223. The summed E-state index contributed by atoms with van der Waals surface area (Å²) in [6.07, 6.45) is 1.71. The van der Waals surface area contributed by atoms with Gasteiger partial charge in [0.05, 0.1) is 28.5 Å². The van der Waals surface area contributed by atoms with Crippen molar-refractivity contribution in [2.24, 2.45) is 7.05 Å². The number of pyridine rings is 1. The number of aryl methyl sites for hydroxylation is 1. The van der Waals surface area contributed by atoms with E-state index in [9.17, 15) is 8.42 Å². The number of hydrogen-bond donors (Lipinski definition) is 1. The minimum atomic E-state index is -3.60. The Morgan fingerprint density at radius 2 is 1.78 bits per heavy atom. The van der Waals surface area contributed by atoms with Crippen LogP contribution in [0.25, 0.3) is 11.4 Å². The molecular weight excluding hydrogens is 360 g/mol. The monoisotopic (exact) mass is 384 g/mol. The molecule has 0 bridgehead atoms. The van der Waals surface area contributed by atoms with Crippen LogP contribution >= 0.6 is 0 Å². The third-order valence-electron chi connectivity index (χ3n) is 4.33. The largest absolute Gasteiger partial charge is 0.266 e. The number of sulfonamides is 1. The van der Waals surface area contributed by atoms with Crippen molar-refractivity contribution in [2.45, 2.75) is 37.6 Å². The van der Waals surface area contributed by atoms with Crippen LogP contribution in [0.4, 0.5) is 0 Å². The number of nitrogens with one attached hydrogen (secondary N) is 1. The van der Waals surface area contributed by atoms with Gasteiger partial charge in [0.1, 0.15) is 0 Å². The van der Waals surface area contributed by atoms with Crippen molar-refractivity contribution in [3.05, 3.63) is 66.0 Å². The Morgan fingerprint density at radius 3 is 2.37 bits per heavy atom. The maximum absolute atomic E-state index is 12.6. The van der Waals surface area contributed by atoms with Gasteiger partial charge in [-0.15, -0.1) is 0 Å². The molecule has 3 rings (SSSR count). The van der Waals surface area contributed by atoms with Crippen LogP contribution in [0.2, 0.25) is 0 Å². The van der Waals surface area contributed by atoms with Gasteiger partial charge in [0.25, 0.3) is 0 Å². The average molecular weight is 385 g/mol. The number of hydrogen-bond acceptors (Lipinski definition) is 4. The summed E-state index contributed by atoms with van der Waals surface area (Å²) in [6, 6.07) is 14.5. The van der Waals surface area contributed by atoms with Crippen LogP contribution in [0.3, 0.4) is 0 Å². The predicted octanol–water partition coefficient (Wildman–Crippen LogP) is 3.26. The fraction of sp³-hybridized carbons (Fsp3) is 0.300. The van der Waals surface area contributed by atoms with Crippen LogP contribution in [-0.2, 0) is 29.0 Å². The van der Waals surface area contributed by atoms with E-state index in [1.165, 1.54) is 0 Å². The molecule has 2 heterocycles. The van der Waals surface area contributed by atoms with Crippen LogP contribution in [0.15, 0.2) is 59.6 Å². The van der Waals surface area contributed by atoms with Crippen molar-refractivity contribution in [3.8, 4) is 11.4 Å². The summed E-state index contributed by atoms with van der Waals surface area (Å²) in [4.78, 5) is 4.55. The maximum atomic E-state index is 12.6. The molecule has 27 heavy (non-hydrogen) atoms. The molecule has 0 radical (unpaired) electrons. The zero-order valence-corrected chi connectivity index (χ0v) is 16.8. The Morgan fingerprint density at radius 1 is 1.07 bits per heavy atom. The highest BCUT2D eigenvalue weighted by Crippen LogP contribution is 2.23. The van der Waals surface area contributed by atoms with E-state index in [2.05, 4.69) is 35.6 Å². The van der Waals surface area contributed by atoms with E-state index in [0.717, 1.165) is 17.0 Å². The molecule has 7 heteroatoms. The Hall–Kier alpha value is -2.51. The zero-order valence-electron chi connectivity index (χ0n) is 16.0. The summed E-state index contributed by atoms with van der Waals surface area (Å²) in [7, 11) is -1.79. The highest BCUT2D eigenvalue weighted by atomic mass is 32.2. The van der Waals surface area contributed by atoms with Gasteiger partial charge in [-0.2, -0.15) is 5.10 Å². The van der Waals surface area contributed by atoms with Crippen molar-refractivity contribution in [1.29, 1.82) is 0 Å². The smallest absolute Gasteiger partial charge is 0.240 e. The van der Waals surface area contributed by atoms with Gasteiger partial charge in [-0.1, -0.05) is 39.0 Å². The highest BCUT2D eigenvalue weighted by Gasteiger charge is 2.18. The van der Waals surface area contributed by atoms with Gasteiger partial charge in [-0.25, -0.2) is 13.1 Å². The first-order valence-electron chi connectivity index (χ1n) is 8.71. The van der Waals surface area contributed by atoms with Gasteiger partial charge >= 0.3 is 0 Å². The lowest BCUT2D eigenvalue weighted by Crippen LogP contribution is -2.23. The molecule has 0 unspecified atom stereocenters. The van der Waals surface area contributed by atoms with E-state index in [1.807, 2.05) is 43.4 Å². The molecule has 6 nitrogen and oxygen atoms in total. The molecule has 2 aromatic heterocycles. The second-order valence-electron chi connectivity index (χ2n) is 7.46. The Bertz CT molecular complexity index is 1020. The van der Waals surface area contributed by atoms with Crippen molar-refractivity contribution < 1.29 is 8.42 Å². The van der Waals surface area contributed by atoms with E-state index >= 15 is 0 Å². The predicted molar refractivity (Wildman–Crippen MR) is 106 cm³/mol. The fourth-order valence-corrected chi connectivity index (χ4v) is 3.75. The van der Waals surface area contributed by atoms with Gasteiger partial charge in [0, 0.05) is 13.2 Å². The Labute approximate surface area is 160 Å². The lowest BCUT2D eigenvalue weighted by Gasteiger charge is -2.19. The van der Waals surface area contributed by atoms with E-state index in [4.69, 9.17) is 0 Å². The molecular formula is C20H24N4O2S. The quantitative estimate of drug-likeness (QED) is 0.732. The lowest BCUT2D eigenvalue weighted by atomic mass is 9.87. The first kappa shape index (κ1) is 19.3.